The zero-order valence-corrected chi connectivity index (χ0v) is 15.9. The van der Waals surface area contributed by atoms with E-state index in [1.54, 1.807) is 6.07 Å². The fourth-order valence-electron chi connectivity index (χ4n) is 2.43. The summed E-state index contributed by atoms with van der Waals surface area (Å²) in [6.45, 7) is 5.82. The number of nitrogens with zero attached hydrogens (tertiary/aromatic N) is 1. The molecule has 2 aromatic rings. The number of amides is 1. The maximum absolute atomic E-state index is 12.8. The molecular formula is C18H20BrNO2S. The van der Waals surface area contributed by atoms with Crippen molar-refractivity contribution < 1.29 is 9.59 Å². The number of thioether (sulfide) groups is 1. The van der Waals surface area contributed by atoms with Gasteiger partial charge in [0.25, 0.3) is 5.91 Å². The number of carbonyl (C=O) groups is 2. The molecule has 0 bridgehead atoms. The number of rotatable bonds is 5. The van der Waals surface area contributed by atoms with Crippen LogP contribution in [0.4, 0.5) is 0 Å². The summed E-state index contributed by atoms with van der Waals surface area (Å²) in [6, 6.07) is 13.0. The van der Waals surface area contributed by atoms with Crippen LogP contribution in [0.1, 0.15) is 31.1 Å². The summed E-state index contributed by atoms with van der Waals surface area (Å²) >= 11 is 4.58. The molecule has 2 aromatic carbocycles. The van der Waals surface area contributed by atoms with E-state index in [0.29, 0.717) is 11.3 Å². The minimum Gasteiger partial charge on any atom is -0.285 e. The smallest absolute Gasteiger partial charge is 0.264 e. The van der Waals surface area contributed by atoms with Crippen LogP contribution in [0.2, 0.25) is 0 Å². The first-order valence-electron chi connectivity index (χ1n) is 7.60. The molecule has 0 N–H and O–H groups in total. The van der Waals surface area contributed by atoms with E-state index in [9.17, 15) is 9.59 Å². The number of carbonyl (C=O) groups excluding carboxylic acids is 2. The van der Waals surface area contributed by atoms with E-state index in [4.69, 9.17) is 0 Å². The van der Waals surface area contributed by atoms with Gasteiger partial charge in [-0.2, -0.15) is 0 Å². The van der Waals surface area contributed by atoms with Crippen LogP contribution < -0.4 is 0 Å². The summed E-state index contributed by atoms with van der Waals surface area (Å²) in [4.78, 5) is 25.1. The summed E-state index contributed by atoms with van der Waals surface area (Å²) in [5.74, 6) is 0.539. The molecule has 0 saturated carbocycles. The quantitative estimate of drug-likeness (QED) is 0.678. The standard InChI is InChI=1S/C18H20BrNO2S/c1-4-23-18(22)16(12(2)3)20(19)17(21)15-10-9-13-7-5-6-8-14(13)11-15/h5-12,16H,4H2,1-3H3. The molecule has 0 spiro atoms. The Morgan fingerprint density at radius 2 is 1.78 bits per heavy atom. The average Bonchev–Trinajstić information content (AvgIpc) is 2.53. The molecule has 0 aliphatic heterocycles. The predicted octanol–water partition coefficient (Wildman–Crippen LogP) is 4.90. The van der Waals surface area contributed by atoms with Gasteiger partial charge in [-0.15, -0.1) is 0 Å². The second kappa shape index (κ2) is 7.97. The Labute approximate surface area is 149 Å². The normalized spacial score (nSPS) is 12.4. The largest absolute Gasteiger partial charge is 0.285 e. The molecule has 0 saturated heterocycles. The third kappa shape index (κ3) is 4.15. The van der Waals surface area contributed by atoms with Crippen molar-refractivity contribution in [3.63, 3.8) is 0 Å². The van der Waals surface area contributed by atoms with Gasteiger partial charge in [0, 0.05) is 5.56 Å². The maximum atomic E-state index is 12.8. The van der Waals surface area contributed by atoms with Gasteiger partial charge in [0.15, 0.2) is 0 Å². The fourth-order valence-corrected chi connectivity index (χ4v) is 4.26. The lowest BCUT2D eigenvalue weighted by molar-refractivity contribution is -0.114. The first-order chi connectivity index (χ1) is 11.0. The molecule has 5 heteroatoms. The van der Waals surface area contributed by atoms with E-state index in [2.05, 4.69) is 16.1 Å². The van der Waals surface area contributed by atoms with Crippen LogP contribution in [-0.4, -0.2) is 26.7 Å². The molecule has 0 radical (unpaired) electrons. The van der Waals surface area contributed by atoms with Gasteiger partial charge in [0.05, 0.1) is 16.1 Å². The highest BCUT2D eigenvalue weighted by molar-refractivity contribution is 9.07. The number of fused-ring (bicyclic) bond motifs is 1. The highest BCUT2D eigenvalue weighted by atomic mass is 79.9. The molecule has 0 aliphatic rings. The van der Waals surface area contributed by atoms with Gasteiger partial charge >= 0.3 is 0 Å². The van der Waals surface area contributed by atoms with Crippen molar-refractivity contribution in [1.82, 2.24) is 3.93 Å². The van der Waals surface area contributed by atoms with Gasteiger partial charge in [-0.25, -0.2) is 0 Å². The van der Waals surface area contributed by atoms with Crippen molar-refractivity contribution in [2.75, 3.05) is 5.75 Å². The van der Waals surface area contributed by atoms with Gasteiger partial charge in [0.1, 0.15) is 6.04 Å². The van der Waals surface area contributed by atoms with Crippen LogP contribution in [0.25, 0.3) is 10.8 Å². The van der Waals surface area contributed by atoms with Crippen LogP contribution in [0.3, 0.4) is 0 Å². The maximum Gasteiger partial charge on any atom is 0.264 e. The minimum absolute atomic E-state index is 0.00788. The molecule has 0 heterocycles. The Morgan fingerprint density at radius 3 is 2.39 bits per heavy atom. The Balaban J connectivity index is 2.30. The average molecular weight is 394 g/mol. The Hall–Kier alpha value is -1.33. The van der Waals surface area contributed by atoms with Crippen molar-refractivity contribution in [2.45, 2.75) is 26.8 Å². The first kappa shape index (κ1) is 18.0. The van der Waals surface area contributed by atoms with Crippen molar-refractivity contribution in [1.29, 1.82) is 0 Å². The molecule has 23 heavy (non-hydrogen) atoms. The molecule has 2 rings (SSSR count). The van der Waals surface area contributed by atoms with E-state index in [1.165, 1.54) is 15.7 Å². The summed E-state index contributed by atoms with van der Waals surface area (Å²) < 4.78 is 1.40. The second-order valence-electron chi connectivity index (χ2n) is 5.62. The lowest BCUT2D eigenvalue weighted by atomic mass is 10.0. The molecule has 1 amide bonds. The topological polar surface area (TPSA) is 37.4 Å². The number of hydrogen-bond donors (Lipinski definition) is 0. The van der Waals surface area contributed by atoms with Gasteiger partial charge in [-0.1, -0.05) is 62.9 Å². The van der Waals surface area contributed by atoms with Gasteiger partial charge in [-0.3, -0.25) is 13.5 Å². The summed E-state index contributed by atoms with van der Waals surface area (Å²) in [7, 11) is 0. The number of benzene rings is 2. The predicted molar refractivity (Wildman–Crippen MR) is 101 cm³/mol. The molecule has 3 nitrogen and oxygen atoms in total. The summed E-state index contributed by atoms with van der Waals surface area (Å²) in [6.07, 6.45) is 0. The van der Waals surface area contributed by atoms with Crippen molar-refractivity contribution >= 4 is 49.7 Å². The summed E-state index contributed by atoms with van der Waals surface area (Å²) in [5, 5.41) is 2.10. The lowest BCUT2D eigenvalue weighted by Crippen LogP contribution is -2.41. The van der Waals surface area contributed by atoms with Crippen LogP contribution in [0.15, 0.2) is 42.5 Å². The minimum atomic E-state index is -0.487. The Kier molecular flexibility index (Phi) is 6.25. The molecular weight excluding hydrogens is 374 g/mol. The summed E-state index contributed by atoms with van der Waals surface area (Å²) in [5.41, 5.74) is 0.570. The van der Waals surface area contributed by atoms with E-state index in [-0.39, 0.29) is 16.9 Å². The van der Waals surface area contributed by atoms with Gasteiger partial charge < -0.3 is 0 Å². The van der Waals surface area contributed by atoms with Gasteiger partial charge in [-0.05, 0) is 34.6 Å². The molecule has 0 aromatic heterocycles. The lowest BCUT2D eigenvalue weighted by Gasteiger charge is -2.27. The second-order valence-corrected chi connectivity index (χ2v) is 7.65. The molecule has 0 aliphatic carbocycles. The monoisotopic (exact) mass is 393 g/mol. The third-order valence-electron chi connectivity index (χ3n) is 3.59. The fraction of sp³-hybridized carbons (Fsp3) is 0.333. The molecule has 0 fully saturated rings. The van der Waals surface area contributed by atoms with E-state index < -0.39 is 6.04 Å². The van der Waals surface area contributed by atoms with Gasteiger partial charge in [0.2, 0.25) is 5.12 Å². The molecule has 1 unspecified atom stereocenters. The van der Waals surface area contributed by atoms with Crippen molar-refractivity contribution in [3.05, 3.63) is 48.0 Å². The number of halogens is 1. The van der Waals surface area contributed by atoms with Crippen LogP contribution >= 0.6 is 27.9 Å². The van der Waals surface area contributed by atoms with E-state index in [0.717, 1.165) is 10.8 Å². The molecule has 1 atom stereocenters. The first-order valence-corrected chi connectivity index (χ1v) is 9.30. The van der Waals surface area contributed by atoms with Crippen molar-refractivity contribution in [3.8, 4) is 0 Å². The van der Waals surface area contributed by atoms with Crippen LogP contribution in [0, 0.1) is 5.92 Å². The molecule has 122 valence electrons. The SMILES string of the molecule is CCSC(=O)C(C(C)C)N(Br)C(=O)c1ccc2ccccc2c1. The zero-order valence-electron chi connectivity index (χ0n) is 13.5. The number of hydrogen-bond acceptors (Lipinski definition) is 3. The van der Waals surface area contributed by atoms with Crippen LogP contribution in [-0.2, 0) is 4.79 Å². The Bertz CT molecular complexity index is 717. The van der Waals surface area contributed by atoms with E-state index >= 15 is 0 Å². The zero-order chi connectivity index (χ0) is 17.0. The van der Waals surface area contributed by atoms with Crippen molar-refractivity contribution in [2.24, 2.45) is 5.92 Å². The highest BCUT2D eigenvalue weighted by Gasteiger charge is 2.31. The van der Waals surface area contributed by atoms with E-state index in [1.807, 2.05) is 57.2 Å². The third-order valence-corrected chi connectivity index (χ3v) is 5.17. The van der Waals surface area contributed by atoms with Crippen LogP contribution in [0.5, 0.6) is 0 Å². The Morgan fingerprint density at radius 1 is 1.13 bits per heavy atom. The highest BCUT2D eigenvalue weighted by Crippen LogP contribution is 2.25.